The molecule has 3 heterocycles. The van der Waals surface area contributed by atoms with E-state index in [1.54, 1.807) is 18.3 Å². The Hall–Kier alpha value is -2.23. The van der Waals surface area contributed by atoms with Crippen molar-refractivity contribution in [3.63, 3.8) is 0 Å². The van der Waals surface area contributed by atoms with E-state index in [0.717, 1.165) is 29.9 Å². The number of sulfonamides is 1. The molecular formula is C19H24N4O4S. The van der Waals surface area contributed by atoms with Gasteiger partial charge in [-0.25, -0.2) is 18.4 Å². The molecule has 0 spiro atoms. The molecule has 2 aliphatic heterocycles. The Bertz CT molecular complexity index is 974. The lowest BCUT2D eigenvalue weighted by Crippen LogP contribution is -2.37. The lowest BCUT2D eigenvalue weighted by Gasteiger charge is -2.26. The first-order valence-corrected chi connectivity index (χ1v) is 10.8. The molecule has 0 saturated carbocycles. The molecule has 9 heteroatoms. The van der Waals surface area contributed by atoms with Crippen molar-refractivity contribution in [1.82, 2.24) is 14.3 Å². The van der Waals surface area contributed by atoms with E-state index in [1.807, 2.05) is 19.9 Å². The Kier molecular flexibility index (Phi) is 5.22. The molecule has 1 aromatic carbocycles. The fourth-order valence-corrected chi connectivity index (χ4v) is 5.03. The van der Waals surface area contributed by atoms with Gasteiger partial charge in [0.25, 0.3) is 0 Å². The summed E-state index contributed by atoms with van der Waals surface area (Å²) in [6.45, 7) is 7.38. The van der Waals surface area contributed by atoms with Crippen molar-refractivity contribution < 1.29 is 17.9 Å². The molecule has 2 aliphatic rings. The van der Waals surface area contributed by atoms with Crippen LogP contribution in [0.1, 0.15) is 23.7 Å². The highest BCUT2D eigenvalue weighted by Gasteiger charge is 2.34. The first kappa shape index (κ1) is 19.1. The normalized spacial score (nSPS) is 17.6. The second-order valence-corrected chi connectivity index (χ2v) is 8.80. The Balaban J connectivity index is 1.61. The van der Waals surface area contributed by atoms with Crippen LogP contribution in [0.15, 0.2) is 29.3 Å². The number of fused-ring (bicyclic) bond motifs is 1. The van der Waals surface area contributed by atoms with Crippen molar-refractivity contribution in [3.8, 4) is 5.75 Å². The number of hydrogen-bond acceptors (Lipinski definition) is 7. The number of morpholine rings is 1. The first-order chi connectivity index (χ1) is 13.5. The van der Waals surface area contributed by atoms with Crippen molar-refractivity contribution >= 4 is 16.0 Å². The van der Waals surface area contributed by atoms with Crippen LogP contribution in [0.2, 0.25) is 0 Å². The molecule has 0 aliphatic carbocycles. The molecular weight excluding hydrogens is 380 g/mol. The fourth-order valence-electron chi connectivity index (χ4n) is 3.43. The topological polar surface area (TPSA) is 84.9 Å². The highest BCUT2D eigenvalue weighted by atomic mass is 32.2. The fraction of sp³-hybridized carbons (Fsp3) is 0.474. The molecule has 1 saturated heterocycles. The van der Waals surface area contributed by atoms with E-state index in [9.17, 15) is 8.42 Å². The van der Waals surface area contributed by atoms with E-state index in [0.29, 0.717) is 31.5 Å². The van der Waals surface area contributed by atoms with E-state index in [1.165, 1.54) is 4.31 Å². The lowest BCUT2D eigenvalue weighted by atomic mass is 10.2. The quantitative estimate of drug-likeness (QED) is 0.750. The highest BCUT2D eigenvalue weighted by molar-refractivity contribution is 7.89. The number of aryl methyl sites for hydroxylation is 1. The molecule has 2 aromatic rings. The van der Waals surface area contributed by atoms with Crippen molar-refractivity contribution in [2.24, 2.45) is 0 Å². The summed E-state index contributed by atoms with van der Waals surface area (Å²) in [4.78, 5) is 11.3. The summed E-state index contributed by atoms with van der Waals surface area (Å²) < 4.78 is 39.0. The summed E-state index contributed by atoms with van der Waals surface area (Å²) in [6, 6.07) is 5.22. The molecule has 0 amide bonds. The minimum Gasteiger partial charge on any atom is -0.492 e. The van der Waals surface area contributed by atoms with Crippen LogP contribution in [0, 0.1) is 6.92 Å². The Labute approximate surface area is 165 Å². The molecule has 1 fully saturated rings. The third-order valence-corrected chi connectivity index (χ3v) is 6.74. The molecule has 0 unspecified atom stereocenters. The van der Waals surface area contributed by atoms with Gasteiger partial charge < -0.3 is 14.4 Å². The average molecular weight is 404 g/mol. The van der Waals surface area contributed by atoms with E-state index in [2.05, 4.69) is 14.9 Å². The minimum atomic E-state index is -3.71. The molecule has 28 heavy (non-hydrogen) atoms. The highest BCUT2D eigenvalue weighted by Crippen LogP contribution is 2.33. The van der Waals surface area contributed by atoms with Gasteiger partial charge in [-0.05, 0) is 31.5 Å². The summed E-state index contributed by atoms with van der Waals surface area (Å²) in [5, 5.41) is 0. The summed E-state index contributed by atoms with van der Waals surface area (Å²) in [5.41, 5.74) is 2.46. The summed E-state index contributed by atoms with van der Waals surface area (Å²) in [5.74, 6) is 1.01. The van der Waals surface area contributed by atoms with Gasteiger partial charge in [-0.3, -0.25) is 0 Å². The van der Waals surface area contributed by atoms with Gasteiger partial charge in [-0.15, -0.1) is 0 Å². The average Bonchev–Trinajstić information content (AvgIpc) is 3.14. The zero-order valence-electron chi connectivity index (χ0n) is 16.1. The van der Waals surface area contributed by atoms with Crippen LogP contribution in [-0.4, -0.2) is 55.6 Å². The number of benzene rings is 1. The lowest BCUT2D eigenvalue weighted by molar-refractivity contribution is 0.122. The van der Waals surface area contributed by atoms with Crippen LogP contribution >= 0.6 is 0 Å². The monoisotopic (exact) mass is 404 g/mol. The molecule has 4 rings (SSSR count). The van der Waals surface area contributed by atoms with Gasteiger partial charge in [0, 0.05) is 31.4 Å². The van der Waals surface area contributed by atoms with Gasteiger partial charge in [-0.1, -0.05) is 6.07 Å². The van der Waals surface area contributed by atoms with Crippen LogP contribution in [0.5, 0.6) is 5.75 Å². The zero-order chi connectivity index (χ0) is 19.7. The standard InChI is InChI=1S/C19H24N4O4S/c1-3-27-17-5-4-14(2)10-18(17)28(24,25)23-12-15-11-20-19(21-16(15)13-23)22-6-8-26-9-7-22/h4-5,10-11H,3,6-9,12-13H2,1-2H3. The van der Waals surface area contributed by atoms with Crippen LogP contribution in [0.4, 0.5) is 5.95 Å². The molecule has 1 aromatic heterocycles. The van der Waals surface area contributed by atoms with E-state index in [-0.39, 0.29) is 18.0 Å². The zero-order valence-corrected chi connectivity index (χ0v) is 16.9. The van der Waals surface area contributed by atoms with Crippen molar-refractivity contribution in [2.75, 3.05) is 37.8 Å². The van der Waals surface area contributed by atoms with Crippen LogP contribution in [0.3, 0.4) is 0 Å². The van der Waals surface area contributed by atoms with Gasteiger partial charge in [0.1, 0.15) is 10.6 Å². The third-order valence-electron chi connectivity index (χ3n) is 4.93. The largest absolute Gasteiger partial charge is 0.492 e. The van der Waals surface area contributed by atoms with Gasteiger partial charge >= 0.3 is 0 Å². The summed E-state index contributed by atoms with van der Waals surface area (Å²) in [6.07, 6.45) is 1.74. The molecule has 8 nitrogen and oxygen atoms in total. The second kappa shape index (κ2) is 7.65. The van der Waals surface area contributed by atoms with Gasteiger partial charge in [0.05, 0.1) is 32.1 Å². The molecule has 0 atom stereocenters. The smallest absolute Gasteiger partial charge is 0.247 e. The van der Waals surface area contributed by atoms with Crippen molar-refractivity contribution in [1.29, 1.82) is 0 Å². The molecule has 0 N–H and O–H groups in total. The molecule has 0 radical (unpaired) electrons. The molecule has 150 valence electrons. The maximum atomic E-state index is 13.3. The van der Waals surface area contributed by atoms with Crippen LogP contribution < -0.4 is 9.64 Å². The maximum absolute atomic E-state index is 13.3. The van der Waals surface area contributed by atoms with Gasteiger partial charge in [0.2, 0.25) is 16.0 Å². The number of nitrogens with zero attached hydrogens (tertiary/aromatic N) is 4. The Morgan fingerprint density at radius 3 is 2.75 bits per heavy atom. The predicted molar refractivity (Wildman–Crippen MR) is 104 cm³/mol. The second-order valence-electron chi connectivity index (χ2n) is 6.90. The maximum Gasteiger partial charge on any atom is 0.247 e. The number of anilines is 1. The van der Waals surface area contributed by atoms with Gasteiger partial charge in [-0.2, -0.15) is 4.31 Å². The van der Waals surface area contributed by atoms with E-state index < -0.39 is 10.0 Å². The van der Waals surface area contributed by atoms with Crippen LogP contribution in [0.25, 0.3) is 0 Å². The number of ether oxygens (including phenoxy) is 2. The number of rotatable bonds is 5. The number of aromatic nitrogens is 2. The summed E-state index contributed by atoms with van der Waals surface area (Å²) in [7, 11) is -3.71. The third kappa shape index (κ3) is 3.57. The van der Waals surface area contributed by atoms with Crippen molar-refractivity contribution in [2.45, 2.75) is 31.8 Å². The van der Waals surface area contributed by atoms with E-state index >= 15 is 0 Å². The molecule has 0 bridgehead atoms. The minimum absolute atomic E-state index is 0.198. The van der Waals surface area contributed by atoms with Gasteiger partial charge in [0.15, 0.2) is 0 Å². The Morgan fingerprint density at radius 1 is 1.21 bits per heavy atom. The van der Waals surface area contributed by atoms with E-state index in [4.69, 9.17) is 9.47 Å². The summed E-state index contributed by atoms with van der Waals surface area (Å²) >= 11 is 0. The Morgan fingerprint density at radius 2 is 2.00 bits per heavy atom. The first-order valence-electron chi connectivity index (χ1n) is 9.40. The van der Waals surface area contributed by atoms with Crippen LogP contribution in [-0.2, 0) is 27.8 Å². The number of hydrogen-bond donors (Lipinski definition) is 0. The van der Waals surface area contributed by atoms with Crippen molar-refractivity contribution in [3.05, 3.63) is 41.2 Å². The SMILES string of the molecule is CCOc1ccc(C)cc1S(=O)(=O)N1Cc2cnc(N3CCOCC3)nc2C1. The predicted octanol–water partition coefficient (Wildman–Crippen LogP) is 1.72.